The fourth-order valence-corrected chi connectivity index (χ4v) is 3.91. The lowest BCUT2D eigenvalue weighted by molar-refractivity contribution is -0.127. The molecular formula is C19H23N3O5. The van der Waals surface area contributed by atoms with E-state index in [9.17, 15) is 9.59 Å². The summed E-state index contributed by atoms with van der Waals surface area (Å²) in [6.45, 7) is 1.65. The van der Waals surface area contributed by atoms with E-state index in [0.717, 1.165) is 19.4 Å². The van der Waals surface area contributed by atoms with Crippen molar-refractivity contribution in [3.8, 4) is 11.5 Å². The topological polar surface area (TPSA) is 89.1 Å². The van der Waals surface area contributed by atoms with Crippen LogP contribution < -0.4 is 20.1 Å². The van der Waals surface area contributed by atoms with Crippen LogP contribution in [0, 0.1) is 0 Å². The van der Waals surface area contributed by atoms with Crippen LogP contribution in [-0.4, -0.2) is 56.9 Å². The van der Waals surface area contributed by atoms with Crippen LogP contribution in [0.15, 0.2) is 29.5 Å². The first-order chi connectivity index (χ1) is 13.1. The van der Waals surface area contributed by atoms with Gasteiger partial charge in [-0.05, 0) is 31.0 Å². The smallest absolute Gasteiger partial charge is 0.319 e. The highest BCUT2D eigenvalue weighted by Crippen LogP contribution is 2.38. The van der Waals surface area contributed by atoms with Gasteiger partial charge in [-0.1, -0.05) is 0 Å². The lowest BCUT2D eigenvalue weighted by Crippen LogP contribution is -2.44. The average molecular weight is 373 g/mol. The van der Waals surface area contributed by atoms with Gasteiger partial charge in [-0.25, -0.2) is 4.79 Å². The predicted molar refractivity (Wildman–Crippen MR) is 96.5 cm³/mol. The maximum absolute atomic E-state index is 13.1. The molecule has 8 nitrogen and oxygen atoms in total. The molecule has 144 valence electrons. The highest BCUT2D eigenvalue weighted by molar-refractivity contribution is 6.01. The second-order valence-corrected chi connectivity index (χ2v) is 6.85. The molecule has 8 heteroatoms. The Balaban J connectivity index is 1.66. The summed E-state index contributed by atoms with van der Waals surface area (Å²) >= 11 is 0. The number of ether oxygens (including phenoxy) is 3. The minimum atomic E-state index is -0.596. The van der Waals surface area contributed by atoms with Crippen molar-refractivity contribution in [3.63, 3.8) is 0 Å². The molecule has 2 atom stereocenters. The predicted octanol–water partition coefficient (Wildman–Crippen LogP) is 1.33. The SMILES string of the molecule is COc1ccc(OC)c([C@H]2NC(=O)NC3=C2C(=O)N(C[C@@H]2CCCO2)C3)c1. The minimum absolute atomic E-state index is 0.0590. The Kier molecular flexibility index (Phi) is 4.65. The molecule has 27 heavy (non-hydrogen) atoms. The second kappa shape index (κ2) is 7.11. The summed E-state index contributed by atoms with van der Waals surface area (Å²) in [5.74, 6) is 1.12. The van der Waals surface area contributed by atoms with Crippen LogP contribution in [-0.2, 0) is 9.53 Å². The highest BCUT2D eigenvalue weighted by atomic mass is 16.5. The zero-order chi connectivity index (χ0) is 19.0. The Morgan fingerprint density at radius 3 is 2.81 bits per heavy atom. The van der Waals surface area contributed by atoms with Crippen LogP contribution in [0.2, 0.25) is 0 Å². The molecule has 1 saturated heterocycles. The van der Waals surface area contributed by atoms with E-state index in [4.69, 9.17) is 14.2 Å². The van der Waals surface area contributed by atoms with Gasteiger partial charge < -0.3 is 29.7 Å². The van der Waals surface area contributed by atoms with Crippen molar-refractivity contribution in [2.24, 2.45) is 0 Å². The number of carbonyl (C=O) groups excluding carboxylic acids is 2. The number of benzene rings is 1. The molecule has 2 N–H and O–H groups in total. The minimum Gasteiger partial charge on any atom is -0.497 e. The number of hydrogen-bond acceptors (Lipinski definition) is 5. The number of urea groups is 1. The molecule has 0 unspecified atom stereocenters. The zero-order valence-corrected chi connectivity index (χ0v) is 15.4. The van der Waals surface area contributed by atoms with E-state index in [1.807, 2.05) is 0 Å². The molecule has 3 heterocycles. The van der Waals surface area contributed by atoms with Crippen molar-refractivity contribution in [2.45, 2.75) is 25.0 Å². The summed E-state index contributed by atoms with van der Waals surface area (Å²) in [4.78, 5) is 27.1. The third-order valence-corrected chi connectivity index (χ3v) is 5.22. The van der Waals surface area contributed by atoms with E-state index in [1.165, 1.54) is 0 Å². The Morgan fingerprint density at radius 2 is 2.11 bits per heavy atom. The largest absolute Gasteiger partial charge is 0.497 e. The molecule has 0 aliphatic carbocycles. The molecule has 0 aromatic heterocycles. The molecule has 1 aromatic carbocycles. The Morgan fingerprint density at radius 1 is 1.26 bits per heavy atom. The second-order valence-electron chi connectivity index (χ2n) is 6.85. The van der Waals surface area contributed by atoms with Gasteiger partial charge in [-0.3, -0.25) is 4.79 Å². The van der Waals surface area contributed by atoms with E-state index in [1.54, 1.807) is 37.3 Å². The lowest BCUT2D eigenvalue weighted by atomic mass is 9.95. The molecule has 4 rings (SSSR count). The maximum atomic E-state index is 13.1. The van der Waals surface area contributed by atoms with E-state index >= 15 is 0 Å². The number of nitrogens with one attached hydrogen (secondary N) is 2. The average Bonchev–Trinajstić information content (AvgIpc) is 3.29. The van der Waals surface area contributed by atoms with E-state index in [0.29, 0.717) is 41.4 Å². The Hall–Kier alpha value is -2.74. The third kappa shape index (κ3) is 3.21. The monoisotopic (exact) mass is 373 g/mol. The lowest BCUT2D eigenvalue weighted by Gasteiger charge is -2.27. The van der Waals surface area contributed by atoms with Crippen molar-refractivity contribution in [2.75, 3.05) is 33.9 Å². The van der Waals surface area contributed by atoms with Crippen molar-refractivity contribution < 1.29 is 23.8 Å². The Labute approximate surface area is 157 Å². The summed E-state index contributed by atoms with van der Waals surface area (Å²) < 4.78 is 16.4. The summed E-state index contributed by atoms with van der Waals surface area (Å²) in [7, 11) is 3.13. The van der Waals surface area contributed by atoms with E-state index < -0.39 is 6.04 Å². The van der Waals surface area contributed by atoms with Crippen molar-refractivity contribution in [3.05, 3.63) is 35.0 Å². The van der Waals surface area contributed by atoms with Crippen molar-refractivity contribution in [1.82, 2.24) is 15.5 Å². The third-order valence-electron chi connectivity index (χ3n) is 5.22. The van der Waals surface area contributed by atoms with Gasteiger partial charge in [0.25, 0.3) is 5.91 Å². The van der Waals surface area contributed by atoms with Crippen LogP contribution in [0.25, 0.3) is 0 Å². The first-order valence-electron chi connectivity index (χ1n) is 9.04. The fourth-order valence-electron chi connectivity index (χ4n) is 3.91. The van der Waals surface area contributed by atoms with Gasteiger partial charge in [0.15, 0.2) is 0 Å². The van der Waals surface area contributed by atoms with Crippen molar-refractivity contribution in [1.29, 1.82) is 0 Å². The van der Waals surface area contributed by atoms with Gasteiger partial charge in [-0.15, -0.1) is 0 Å². The first kappa shape index (κ1) is 17.7. The molecule has 0 spiro atoms. The first-order valence-corrected chi connectivity index (χ1v) is 9.04. The maximum Gasteiger partial charge on any atom is 0.319 e. The van der Waals surface area contributed by atoms with Gasteiger partial charge in [0.1, 0.15) is 11.5 Å². The van der Waals surface area contributed by atoms with Crippen LogP contribution in [0.1, 0.15) is 24.4 Å². The molecule has 0 bridgehead atoms. The van der Waals surface area contributed by atoms with E-state index in [-0.39, 0.29) is 18.0 Å². The van der Waals surface area contributed by atoms with Gasteiger partial charge in [-0.2, -0.15) is 0 Å². The van der Waals surface area contributed by atoms with Gasteiger partial charge in [0.05, 0.1) is 44.2 Å². The molecular weight excluding hydrogens is 350 g/mol. The number of hydrogen-bond donors (Lipinski definition) is 2. The molecule has 0 saturated carbocycles. The molecule has 3 aliphatic heterocycles. The normalized spacial score (nSPS) is 24.6. The summed E-state index contributed by atoms with van der Waals surface area (Å²) in [6, 6.07) is 4.40. The van der Waals surface area contributed by atoms with Crippen LogP contribution in [0.4, 0.5) is 4.79 Å². The standard InChI is InChI=1S/C19H23N3O5/c1-25-11-5-6-15(26-2)13(8-11)17-16-14(20-19(24)21-17)10-22(18(16)23)9-12-4-3-7-27-12/h5-6,8,12,17H,3-4,7,9-10H2,1-2H3,(H2,20,21,24)/t12-,17+/m0/s1. The molecule has 3 aliphatic rings. The number of carbonyl (C=O) groups is 2. The highest BCUT2D eigenvalue weighted by Gasteiger charge is 2.42. The van der Waals surface area contributed by atoms with Gasteiger partial charge >= 0.3 is 6.03 Å². The van der Waals surface area contributed by atoms with Gasteiger partial charge in [0, 0.05) is 18.7 Å². The molecule has 1 aromatic rings. The summed E-state index contributed by atoms with van der Waals surface area (Å²) in [5, 5.41) is 5.64. The van der Waals surface area contributed by atoms with Crippen molar-refractivity contribution >= 4 is 11.9 Å². The van der Waals surface area contributed by atoms with Gasteiger partial charge in [0.2, 0.25) is 0 Å². The van der Waals surface area contributed by atoms with E-state index in [2.05, 4.69) is 10.6 Å². The fraction of sp³-hybridized carbons (Fsp3) is 0.474. The summed E-state index contributed by atoms with van der Waals surface area (Å²) in [6.07, 6.45) is 2.03. The molecule has 3 amide bonds. The quantitative estimate of drug-likeness (QED) is 0.813. The molecule has 1 fully saturated rings. The Bertz CT molecular complexity index is 801. The van der Waals surface area contributed by atoms with Crippen LogP contribution in [0.3, 0.4) is 0 Å². The summed E-state index contributed by atoms with van der Waals surface area (Å²) in [5.41, 5.74) is 1.86. The number of methoxy groups -OCH3 is 2. The number of rotatable bonds is 5. The zero-order valence-electron chi connectivity index (χ0n) is 15.4. The molecule has 0 radical (unpaired) electrons. The van der Waals surface area contributed by atoms with Crippen LogP contribution >= 0.6 is 0 Å². The van der Waals surface area contributed by atoms with Crippen LogP contribution in [0.5, 0.6) is 11.5 Å². The number of amides is 3. The number of nitrogens with zero attached hydrogens (tertiary/aromatic N) is 1.